The Hall–Kier alpha value is -1.26. The van der Waals surface area contributed by atoms with Crippen LogP contribution in [0.25, 0.3) is 0 Å². The van der Waals surface area contributed by atoms with Gasteiger partial charge in [0, 0.05) is 16.6 Å². The first-order valence-corrected chi connectivity index (χ1v) is 6.16. The van der Waals surface area contributed by atoms with E-state index in [0.717, 1.165) is 21.6 Å². The van der Waals surface area contributed by atoms with Gasteiger partial charge in [0.2, 0.25) is 0 Å². The maximum atomic E-state index is 9.11. The fourth-order valence-corrected chi connectivity index (χ4v) is 2.10. The van der Waals surface area contributed by atoms with E-state index in [1.807, 2.05) is 31.2 Å². The van der Waals surface area contributed by atoms with Gasteiger partial charge in [-0.1, -0.05) is 34.1 Å². The predicted molar refractivity (Wildman–Crippen MR) is 69.6 cm³/mol. The molecule has 1 aromatic carbocycles. The lowest BCUT2D eigenvalue weighted by Gasteiger charge is -2.06. The van der Waals surface area contributed by atoms with Gasteiger partial charge in [0.15, 0.2) is 0 Å². The summed E-state index contributed by atoms with van der Waals surface area (Å²) in [5.41, 5.74) is 2.69. The zero-order chi connectivity index (χ0) is 12.3. The number of aryl methyl sites for hydroxylation is 1. The predicted octanol–water partition coefficient (Wildman–Crippen LogP) is 2.63. The summed E-state index contributed by atoms with van der Waals surface area (Å²) < 4.78 is 1.05. The van der Waals surface area contributed by atoms with Crippen molar-refractivity contribution in [2.75, 3.05) is 0 Å². The molecule has 1 heterocycles. The number of aliphatic hydroxyl groups is 1. The minimum absolute atomic E-state index is 0.0493. The molecule has 2 rings (SSSR count). The van der Waals surface area contributed by atoms with Gasteiger partial charge in [-0.15, -0.1) is 0 Å². The maximum absolute atomic E-state index is 9.11. The average molecular weight is 293 g/mol. The fraction of sp³-hybridized carbons (Fsp3) is 0.231. The van der Waals surface area contributed by atoms with Gasteiger partial charge in [0.25, 0.3) is 0 Å². The van der Waals surface area contributed by atoms with Gasteiger partial charge in [-0.25, -0.2) is 9.97 Å². The molecule has 0 aliphatic heterocycles. The Morgan fingerprint density at radius 3 is 2.71 bits per heavy atom. The van der Waals surface area contributed by atoms with Crippen LogP contribution in [0.1, 0.15) is 22.8 Å². The van der Waals surface area contributed by atoms with Crippen LogP contribution in [0.5, 0.6) is 0 Å². The smallest absolute Gasteiger partial charge is 0.133 e. The monoisotopic (exact) mass is 292 g/mol. The van der Waals surface area contributed by atoms with Gasteiger partial charge in [-0.05, 0) is 24.6 Å². The first kappa shape index (κ1) is 12.2. The topological polar surface area (TPSA) is 46.0 Å². The molecule has 0 spiro atoms. The maximum Gasteiger partial charge on any atom is 0.133 e. The Balaban J connectivity index is 2.30. The van der Waals surface area contributed by atoms with Crippen LogP contribution in [0.15, 0.2) is 34.8 Å². The van der Waals surface area contributed by atoms with Crippen molar-refractivity contribution in [3.8, 4) is 0 Å². The standard InChI is InChI=1S/C13H13BrN2O/c1-9-6-11(8-17)16-13(15-9)7-10-4-2-3-5-12(10)14/h2-6,17H,7-8H2,1H3. The van der Waals surface area contributed by atoms with Gasteiger partial charge in [0.1, 0.15) is 5.82 Å². The lowest BCUT2D eigenvalue weighted by molar-refractivity contribution is 0.276. The third kappa shape index (κ3) is 3.11. The fourth-order valence-electron chi connectivity index (χ4n) is 1.67. The molecule has 3 nitrogen and oxygen atoms in total. The zero-order valence-electron chi connectivity index (χ0n) is 9.52. The Morgan fingerprint density at radius 1 is 1.24 bits per heavy atom. The van der Waals surface area contributed by atoms with Gasteiger partial charge >= 0.3 is 0 Å². The van der Waals surface area contributed by atoms with Crippen molar-refractivity contribution < 1.29 is 5.11 Å². The van der Waals surface area contributed by atoms with E-state index in [0.29, 0.717) is 12.1 Å². The Bertz CT molecular complexity index is 529. The molecule has 4 heteroatoms. The molecule has 0 aliphatic rings. The van der Waals surface area contributed by atoms with E-state index in [2.05, 4.69) is 25.9 Å². The molecule has 2 aromatic rings. The molecular formula is C13H13BrN2O. The van der Waals surface area contributed by atoms with Crippen LogP contribution in [0.3, 0.4) is 0 Å². The molecule has 0 saturated heterocycles. The van der Waals surface area contributed by atoms with Crippen LogP contribution in [0.4, 0.5) is 0 Å². The number of rotatable bonds is 3. The molecule has 0 saturated carbocycles. The number of hydrogen-bond donors (Lipinski definition) is 1. The highest BCUT2D eigenvalue weighted by atomic mass is 79.9. The molecule has 0 aliphatic carbocycles. The van der Waals surface area contributed by atoms with E-state index in [1.165, 1.54) is 0 Å². The molecule has 0 radical (unpaired) electrons. The van der Waals surface area contributed by atoms with Crippen molar-refractivity contribution in [3.63, 3.8) is 0 Å². The second-order valence-corrected chi connectivity index (χ2v) is 4.70. The van der Waals surface area contributed by atoms with Gasteiger partial charge in [-0.3, -0.25) is 0 Å². The van der Waals surface area contributed by atoms with E-state index < -0.39 is 0 Å². The quantitative estimate of drug-likeness (QED) is 0.946. The second-order valence-electron chi connectivity index (χ2n) is 3.84. The van der Waals surface area contributed by atoms with Crippen LogP contribution in [0.2, 0.25) is 0 Å². The molecule has 0 amide bonds. The van der Waals surface area contributed by atoms with E-state index >= 15 is 0 Å². The van der Waals surface area contributed by atoms with E-state index in [-0.39, 0.29) is 6.61 Å². The number of halogens is 1. The number of hydrogen-bond acceptors (Lipinski definition) is 3. The summed E-state index contributed by atoms with van der Waals surface area (Å²) in [6.45, 7) is 1.86. The van der Waals surface area contributed by atoms with Crippen LogP contribution >= 0.6 is 15.9 Å². The zero-order valence-corrected chi connectivity index (χ0v) is 11.1. The molecule has 0 fully saturated rings. The summed E-state index contributed by atoms with van der Waals surface area (Å²) in [5, 5.41) is 9.11. The Kier molecular flexibility index (Phi) is 3.86. The highest BCUT2D eigenvalue weighted by Gasteiger charge is 2.05. The van der Waals surface area contributed by atoms with Crippen molar-refractivity contribution in [3.05, 3.63) is 57.6 Å². The third-order valence-electron chi connectivity index (χ3n) is 2.42. The van der Waals surface area contributed by atoms with E-state index in [9.17, 15) is 0 Å². The highest BCUT2D eigenvalue weighted by molar-refractivity contribution is 9.10. The van der Waals surface area contributed by atoms with E-state index in [1.54, 1.807) is 6.07 Å². The van der Waals surface area contributed by atoms with Crippen LogP contribution in [-0.4, -0.2) is 15.1 Å². The highest BCUT2D eigenvalue weighted by Crippen LogP contribution is 2.18. The third-order valence-corrected chi connectivity index (χ3v) is 3.20. The van der Waals surface area contributed by atoms with Crippen molar-refractivity contribution in [1.82, 2.24) is 9.97 Å². The number of aliphatic hydroxyl groups excluding tert-OH is 1. The van der Waals surface area contributed by atoms with Crippen molar-refractivity contribution in [1.29, 1.82) is 0 Å². The van der Waals surface area contributed by atoms with Gasteiger partial charge < -0.3 is 5.11 Å². The molecule has 1 N–H and O–H groups in total. The van der Waals surface area contributed by atoms with Gasteiger partial charge in [0.05, 0.1) is 12.3 Å². The number of aromatic nitrogens is 2. The van der Waals surface area contributed by atoms with Crippen LogP contribution in [-0.2, 0) is 13.0 Å². The SMILES string of the molecule is Cc1cc(CO)nc(Cc2ccccc2Br)n1. The normalized spacial score (nSPS) is 10.5. The molecule has 0 unspecified atom stereocenters. The number of benzene rings is 1. The Labute approximate surface area is 109 Å². The molecule has 88 valence electrons. The lowest BCUT2D eigenvalue weighted by atomic mass is 10.1. The van der Waals surface area contributed by atoms with Crippen molar-refractivity contribution >= 4 is 15.9 Å². The molecule has 0 atom stereocenters. The van der Waals surface area contributed by atoms with Crippen LogP contribution < -0.4 is 0 Å². The van der Waals surface area contributed by atoms with Crippen molar-refractivity contribution in [2.24, 2.45) is 0 Å². The molecule has 0 bridgehead atoms. The summed E-state index contributed by atoms with van der Waals surface area (Å²) in [4.78, 5) is 8.68. The molecule has 1 aromatic heterocycles. The summed E-state index contributed by atoms with van der Waals surface area (Å²) in [6.07, 6.45) is 0.663. The van der Waals surface area contributed by atoms with E-state index in [4.69, 9.17) is 5.11 Å². The molecular weight excluding hydrogens is 280 g/mol. The largest absolute Gasteiger partial charge is 0.390 e. The first-order valence-electron chi connectivity index (χ1n) is 5.36. The van der Waals surface area contributed by atoms with Crippen molar-refractivity contribution in [2.45, 2.75) is 20.0 Å². The van der Waals surface area contributed by atoms with Crippen LogP contribution in [0, 0.1) is 6.92 Å². The summed E-state index contributed by atoms with van der Waals surface area (Å²) in [7, 11) is 0. The second kappa shape index (κ2) is 5.38. The minimum Gasteiger partial charge on any atom is -0.390 e. The summed E-state index contributed by atoms with van der Waals surface area (Å²) in [5.74, 6) is 0.737. The Morgan fingerprint density at radius 2 is 2.00 bits per heavy atom. The van der Waals surface area contributed by atoms with Gasteiger partial charge in [-0.2, -0.15) is 0 Å². The molecule has 17 heavy (non-hydrogen) atoms. The number of nitrogens with zero attached hydrogens (tertiary/aromatic N) is 2. The summed E-state index contributed by atoms with van der Waals surface area (Å²) >= 11 is 3.50. The lowest BCUT2D eigenvalue weighted by Crippen LogP contribution is -2.02. The minimum atomic E-state index is -0.0493. The summed E-state index contributed by atoms with van der Waals surface area (Å²) in [6, 6.07) is 9.79. The average Bonchev–Trinajstić information content (AvgIpc) is 2.31. The first-order chi connectivity index (χ1) is 8.19.